The first-order valence-corrected chi connectivity index (χ1v) is 7.52. The Morgan fingerprint density at radius 3 is 2.11 bits per heavy atom. The van der Waals surface area contributed by atoms with Gasteiger partial charge in [0.2, 0.25) is 0 Å². The molecule has 3 heteroatoms. The minimum absolute atomic E-state index is 0.704. The Morgan fingerprint density at radius 1 is 1.22 bits per heavy atom. The van der Waals surface area contributed by atoms with E-state index in [0.717, 1.165) is 22.0 Å². The van der Waals surface area contributed by atoms with E-state index in [4.69, 9.17) is 0 Å². The second-order valence-corrected chi connectivity index (χ2v) is 6.12. The van der Waals surface area contributed by atoms with Gasteiger partial charge in [-0.15, -0.1) is 0 Å². The van der Waals surface area contributed by atoms with Crippen LogP contribution in [0, 0.1) is 0 Å². The van der Waals surface area contributed by atoms with Crippen LogP contribution in [0.1, 0.15) is 0 Å². The molecule has 0 heterocycles. The van der Waals surface area contributed by atoms with Crippen LogP contribution >= 0.6 is 0 Å². The molecule has 0 aliphatic rings. The van der Waals surface area contributed by atoms with Gasteiger partial charge in [0.25, 0.3) is 0 Å². The van der Waals surface area contributed by atoms with E-state index in [1.165, 1.54) is 0 Å². The summed E-state index contributed by atoms with van der Waals surface area (Å²) in [6, 6.07) is 9.52. The molecule has 1 atom stereocenters. The molecule has 0 spiro atoms. The number of hydrogen-bond acceptors (Lipinski definition) is 1. The average molecular weight is 191 g/mol. The number of rotatable bonds is 1. The van der Waals surface area contributed by atoms with Gasteiger partial charge in [0.1, 0.15) is 0 Å². The third-order valence-electron chi connectivity index (χ3n) is 1.01. The summed E-state index contributed by atoms with van der Waals surface area (Å²) >= 11 is 0.823. The zero-order chi connectivity index (χ0) is 6.69. The first kappa shape index (κ1) is 7.26. The molecular weight excluding hydrogens is 186 g/mol. The summed E-state index contributed by atoms with van der Waals surface area (Å²) in [5.41, 5.74) is 0. The standard InChI is InChI=1S/C6H6OS.Zn/c7-8-6-4-2-1-3-5-6;/h1-5,7H;/q;+1/p-1. The summed E-state index contributed by atoms with van der Waals surface area (Å²) in [7, 11) is -0.704. The molecule has 1 aromatic rings. The summed E-state index contributed by atoms with van der Waals surface area (Å²) in [5.74, 6) is 0. The third kappa shape index (κ3) is 2.09. The number of benzene rings is 1. The maximum absolute atomic E-state index is 10.8. The molecule has 0 radical (unpaired) electrons. The van der Waals surface area contributed by atoms with Crippen LogP contribution in [0.2, 0.25) is 0 Å². The van der Waals surface area contributed by atoms with Crippen LogP contribution in [0.15, 0.2) is 35.2 Å². The van der Waals surface area contributed by atoms with Crippen molar-refractivity contribution in [1.29, 1.82) is 0 Å². The van der Waals surface area contributed by atoms with Gasteiger partial charge in [-0.05, 0) is 0 Å². The van der Waals surface area contributed by atoms with E-state index >= 15 is 0 Å². The summed E-state index contributed by atoms with van der Waals surface area (Å²) in [6.45, 7) is 0. The molecule has 0 bridgehead atoms. The van der Waals surface area contributed by atoms with Crippen molar-refractivity contribution >= 4 is 9.17 Å². The van der Waals surface area contributed by atoms with E-state index in [-0.39, 0.29) is 0 Å². The van der Waals surface area contributed by atoms with Crippen LogP contribution < -0.4 is 0 Å². The van der Waals surface area contributed by atoms with Crippen molar-refractivity contribution in [1.82, 2.24) is 0 Å². The second-order valence-electron chi connectivity index (χ2n) is 1.66. The van der Waals surface area contributed by atoms with Gasteiger partial charge in [-0.3, -0.25) is 0 Å². The van der Waals surface area contributed by atoms with Gasteiger partial charge in [-0.2, -0.15) is 0 Å². The molecule has 43 valence electrons. The van der Waals surface area contributed by atoms with Crippen molar-refractivity contribution in [2.24, 2.45) is 0 Å². The Morgan fingerprint density at radius 2 is 1.78 bits per heavy atom. The molecule has 1 aromatic carbocycles. The van der Waals surface area contributed by atoms with Gasteiger partial charge >= 0.3 is 66.0 Å². The second kappa shape index (κ2) is 3.35. The first-order chi connectivity index (χ1) is 4.30. The van der Waals surface area contributed by atoms with Crippen molar-refractivity contribution in [2.75, 3.05) is 0 Å². The molecule has 0 saturated heterocycles. The Kier molecular flexibility index (Phi) is 2.71. The van der Waals surface area contributed by atoms with Crippen molar-refractivity contribution in [3.05, 3.63) is 30.3 Å². The van der Waals surface area contributed by atoms with E-state index < -0.39 is 9.17 Å². The molecule has 1 unspecified atom stereocenters. The van der Waals surface area contributed by atoms with Crippen LogP contribution in [0.3, 0.4) is 0 Å². The molecule has 1 nitrogen and oxygen atoms in total. The summed E-state index contributed by atoms with van der Waals surface area (Å²) < 4.78 is 10.8. The Balaban J connectivity index is 2.85. The van der Waals surface area contributed by atoms with Crippen molar-refractivity contribution in [3.63, 3.8) is 0 Å². The van der Waals surface area contributed by atoms with Gasteiger partial charge in [0.15, 0.2) is 0 Å². The molecule has 1 rings (SSSR count). The third-order valence-corrected chi connectivity index (χ3v) is 3.90. The van der Waals surface area contributed by atoms with Gasteiger partial charge in [0.05, 0.1) is 0 Å². The van der Waals surface area contributed by atoms with Gasteiger partial charge in [-0.1, -0.05) is 0 Å². The Bertz CT molecular complexity index is 176. The molecular formula is C6H5OSZn. The van der Waals surface area contributed by atoms with E-state index in [2.05, 4.69) is 0 Å². The molecule has 0 aliphatic heterocycles. The summed E-state index contributed by atoms with van der Waals surface area (Å²) in [4.78, 5) is 0.942. The fraction of sp³-hybridized carbons (Fsp3) is 0. The van der Waals surface area contributed by atoms with Crippen molar-refractivity contribution in [2.45, 2.75) is 4.90 Å². The molecule has 0 saturated carbocycles. The Hall–Kier alpha value is 0.153. The predicted molar refractivity (Wildman–Crippen MR) is 32.9 cm³/mol. The molecule has 0 aromatic heterocycles. The molecule has 0 N–H and O–H groups in total. The van der Waals surface area contributed by atoms with E-state index in [0.29, 0.717) is 0 Å². The minimum atomic E-state index is -0.704. The summed E-state index contributed by atoms with van der Waals surface area (Å²) in [5, 5.41) is 0. The summed E-state index contributed by atoms with van der Waals surface area (Å²) in [6.07, 6.45) is 0. The Labute approximate surface area is 66.2 Å². The van der Waals surface area contributed by atoms with Crippen LogP contribution in [0.4, 0.5) is 0 Å². The quantitative estimate of drug-likeness (QED) is 0.483. The van der Waals surface area contributed by atoms with E-state index in [1.807, 2.05) is 30.3 Å². The van der Waals surface area contributed by atoms with E-state index in [1.54, 1.807) is 0 Å². The van der Waals surface area contributed by atoms with Gasteiger partial charge < -0.3 is 0 Å². The number of hydrogen-bond donors (Lipinski definition) is 0. The average Bonchev–Trinajstić information content (AvgIpc) is 1.90. The fourth-order valence-corrected chi connectivity index (χ4v) is 2.24. The van der Waals surface area contributed by atoms with E-state index in [9.17, 15) is 4.55 Å². The zero-order valence-electron chi connectivity index (χ0n) is 4.91. The van der Waals surface area contributed by atoms with Crippen molar-refractivity contribution < 1.29 is 21.6 Å². The maximum atomic E-state index is 10.8. The first-order valence-electron chi connectivity index (χ1n) is 2.57. The normalized spacial score (nSPS) is 13.2. The van der Waals surface area contributed by atoms with Gasteiger partial charge in [0, 0.05) is 0 Å². The topological polar surface area (TPSA) is 23.1 Å². The van der Waals surface area contributed by atoms with Crippen LogP contribution in [0.5, 0.6) is 0 Å². The predicted octanol–water partition coefficient (Wildman–Crippen LogP) is 1.26. The van der Waals surface area contributed by atoms with Gasteiger partial charge in [-0.25, -0.2) is 0 Å². The zero-order valence-corrected chi connectivity index (χ0v) is 8.69. The monoisotopic (exact) mass is 189 g/mol. The molecule has 9 heavy (non-hydrogen) atoms. The van der Waals surface area contributed by atoms with Crippen LogP contribution in [0.25, 0.3) is 0 Å². The molecule has 0 fully saturated rings. The molecule has 0 aliphatic carbocycles. The van der Waals surface area contributed by atoms with Crippen LogP contribution in [-0.2, 0) is 26.3 Å². The van der Waals surface area contributed by atoms with Crippen molar-refractivity contribution in [3.8, 4) is 0 Å². The molecule has 0 amide bonds. The van der Waals surface area contributed by atoms with Crippen LogP contribution in [-0.4, -0.2) is 4.55 Å². The SMILES string of the molecule is [O-][S+]([Zn])c1ccccc1. The fourth-order valence-electron chi connectivity index (χ4n) is 0.572.